The number of nitrogens with zero attached hydrogens (tertiary/aromatic N) is 2. The maximum Gasteiger partial charge on any atom is 0.265 e. The predicted octanol–water partition coefficient (Wildman–Crippen LogP) is 1.60. The lowest BCUT2D eigenvalue weighted by molar-refractivity contribution is 0.0759. The molecule has 0 radical (unpaired) electrons. The Balaban J connectivity index is 1.54. The fourth-order valence-electron chi connectivity index (χ4n) is 4.29. The fraction of sp³-hybridized carbons (Fsp3) is 0.706. The molecule has 4 rings (SSSR count). The first-order chi connectivity index (χ1) is 12.1. The minimum atomic E-state index is -3.55. The summed E-state index contributed by atoms with van der Waals surface area (Å²) in [5.41, 5.74) is 0. The number of carbonyl (C=O) groups excluding carboxylic acids is 1. The highest BCUT2D eigenvalue weighted by molar-refractivity contribution is 7.89. The van der Waals surface area contributed by atoms with Crippen LogP contribution in [0.5, 0.6) is 0 Å². The maximum absolute atomic E-state index is 13.1. The van der Waals surface area contributed by atoms with Crippen LogP contribution in [0.1, 0.15) is 35.4 Å². The average Bonchev–Trinajstić information content (AvgIpc) is 3.34. The van der Waals surface area contributed by atoms with Crippen molar-refractivity contribution in [3.8, 4) is 0 Å². The second-order valence-corrected chi connectivity index (χ2v) is 10.1. The molecule has 0 aliphatic carbocycles. The summed E-state index contributed by atoms with van der Waals surface area (Å²) in [4.78, 5) is 15.5. The van der Waals surface area contributed by atoms with Gasteiger partial charge in [0.2, 0.25) is 10.0 Å². The molecule has 0 unspecified atom stereocenters. The Labute approximate surface area is 153 Å². The van der Waals surface area contributed by atoms with Crippen molar-refractivity contribution in [1.82, 2.24) is 14.5 Å². The van der Waals surface area contributed by atoms with Crippen LogP contribution in [0.2, 0.25) is 0 Å². The Kier molecular flexibility index (Phi) is 4.87. The molecule has 6 nitrogen and oxygen atoms in total. The van der Waals surface area contributed by atoms with E-state index < -0.39 is 10.0 Å². The second kappa shape index (κ2) is 6.98. The molecule has 3 aliphatic rings. The van der Waals surface area contributed by atoms with E-state index in [2.05, 4.69) is 5.32 Å². The molecular weight excluding hydrogens is 358 g/mol. The third kappa shape index (κ3) is 3.25. The summed E-state index contributed by atoms with van der Waals surface area (Å²) in [5, 5.41) is 5.17. The van der Waals surface area contributed by atoms with E-state index in [1.165, 1.54) is 15.6 Å². The highest BCUT2D eigenvalue weighted by atomic mass is 32.2. The number of thiophene rings is 1. The van der Waals surface area contributed by atoms with Crippen LogP contribution in [0.4, 0.5) is 0 Å². The smallest absolute Gasteiger partial charge is 0.265 e. The summed E-state index contributed by atoms with van der Waals surface area (Å²) in [6.07, 6.45) is 3.80. The molecule has 0 bridgehead atoms. The largest absolute Gasteiger partial charge is 0.338 e. The Hall–Kier alpha value is -0.960. The van der Waals surface area contributed by atoms with Gasteiger partial charge in [-0.25, -0.2) is 8.42 Å². The first kappa shape index (κ1) is 17.5. The lowest BCUT2D eigenvalue weighted by Gasteiger charge is -2.22. The first-order valence-electron chi connectivity index (χ1n) is 9.15. The van der Waals surface area contributed by atoms with Crippen LogP contribution in [-0.4, -0.2) is 62.8 Å². The maximum atomic E-state index is 13.1. The standard InChI is InChI=1S/C17H25N3O3S2/c21-17(19-8-3-13-11-18-12-14(13)4-9-19)16-15(5-10-24-16)25(22,23)20-6-1-2-7-20/h5,10,13-14,18H,1-4,6-9,11-12H2/t13-,14+. The van der Waals surface area contributed by atoms with Gasteiger partial charge in [-0.15, -0.1) is 11.3 Å². The molecule has 2 atom stereocenters. The molecule has 3 saturated heterocycles. The average molecular weight is 384 g/mol. The van der Waals surface area contributed by atoms with Gasteiger partial charge in [0.25, 0.3) is 5.91 Å². The van der Waals surface area contributed by atoms with Crippen LogP contribution in [0.15, 0.2) is 16.3 Å². The van der Waals surface area contributed by atoms with Crippen molar-refractivity contribution in [3.05, 3.63) is 16.3 Å². The van der Waals surface area contributed by atoms with Crippen molar-refractivity contribution in [2.24, 2.45) is 11.8 Å². The van der Waals surface area contributed by atoms with Gasteiger partial charge in [-0.2, -0.15) is 4.31 Å². The number of fused-ring (bicyclic) bond motifs is 1. The summed E-state index contributed by atoms with van der Waals surface area (Å²) in [6, 6.07) is 1.60. The Morgan fingerprint density at radius 1 is 1.08 bits per heavy atom. The van der Waals surface area contributed by atoms with Gasteiger partial charge < -0.3 is 10.2 Å². The van der Waals surface area contributed by atoms with Gasteiger partial charge in [0.15, 0.2) is 0 Å². The molecule has 0 saturated carbocycles. The number of likely N-dealkylation sites (tertiary alicyclic amines) is 1. The van der Waals surface area contributed by atoms with E-state index in [4.69, 9.17) is 0 Å². The van der Waals surface area contributed by atoms with Crippen LogP contribution in [0.25, 0.3) is 0 Å². The number of hydrogen-bond acceptors (Lipinski definition) is 5. The van der Waals surface area contributed by atoms with Crippen molar-refractivity contribution in [3.63, 3.8) is 0 Å². The zero-order valence-corrected chi connectivity index (χ0v) is 15.9. The van der Waals surface area contributed by atoms with E-state index in [0.717, 1.165) is 51.9 Å². The number of hydrogen-bond donors (Lipinski definition) is 1. The molecule has 1 amide bonds. The SMILES string of the molecule is O=C(c1sccc1S(=O)(=O)N1CCCC1)N1CC[C@@H]2CNC[C@@H]2CC1. The molecule has 138 valence electrons. The van der Waals surface area contributed by atoms with Gasteiger partial charge in [0.05, 0.1) is 0 Å². The van der Waals surface area contributed by atoms with E-state index in [0.29, 0.717) is 29.8 Å². The predicted molar refractivity (Wildman–Crippen MR) is 97.3 cm³/mol. The zero-order chi connectivity index (χ0) is 17.4. The molecule has 1 N–H and O–H groups in total. The van der Waals surface area contributed by atoms with E-state index >= 15 is 0 Å². The topological polar surface area (TPSA) is 69.7 Å². The minimum absolute atomic E-state index is 0.110. The van der Waals surface area contributed by atoms with Gasteiger partial charge in [0.1, 0.15) is 9.77 Å². The molecule has 0 spiro atoms. The Morgan fingerprint density at radius 2 is 1.72 bits per heavy atom. The van der Waals surface area contributed by atoms with Gasteiger partial charge in [0, 0.05) is 26.2 Å². The molecule has 8 heteroatoms. The third-order valence-electron chi connectivity index (χ3n) is 5.81. The summed E-state index contributed by atoms with van der Waals surface area (Å²) in [6.45, 7) is 4.66. The quantitative estimate of drug-likeness (QED) is 0.861. The number of amides is 1. The van der Waals surface area contributed by atoms with Gasteiger partial charge in [-0.1, -0.05) is 0 Å². The summed E-state index contributed by atoms with van der Waals surface area (Å²) >= 11 is 1.26. The monoisotopic (exact) mass is 383 g/mol. The first-order valence-corrected chi connectivity index (χ1v) is 11.5. The highest BCUT2D eigenvalue weighted by Gasteiger charge is 2.35. The number of sulfonamides is 1. The normalized spacial score (nSPS) is 28.1. The van der Waals surface area contributed by atoms with Crippen LogP contribution in [0, 0.1) is 11.8 Å². The molecule has 0 aromatic carbocycles. The van der Waals surface area contributed by atoms with Crippen molar-refractivity contribution in [2.75, 3.05) is 39.3 Å². The molecular formula is C17H25N3O3S2. The summed E-state index contributed by atoms with van der Waals surface area (Å²) in [7, 11) is -3.55. The zero-order valence-electron chi connectivity index (χ0n) is 14.3. The van der Waals surface area contributed by atoms with Gasteiger partial charge in [-0.3, -0.25) is 4.79 Å². The number of carbonyl (C=O) groups is 1. The van der Waals surface area contributed by atoms with E-state index in [-0.39, 0.29) is 10.8 Å². The van der Waals surface area contributed by atoms with E-state index in [1.54, 1.807) is 11.4 Å². The van der Waals surface area contributed by atoms with Crippen molar-refractivity contribution < 1.29 is 13.2 Å². The van der Waals surface area contributed by atoms with Crippen molar-refractivity contribution >= 4 is 27.3 Å². The third-order valence-corrected chi connectivity index (χ3v) is 8.79. The molecule has 1 aromatic rings. The molecule has 25 heavy (non-hydrogen) atoms. The molecule has 1 aromatic heterocycles. The second-order valence-electron chi connectivity index (χ2n) is 7.27. The van der Waals surface area contributed by atoms with Crippen LogP contribution in [0.3, 0.4) is 0 Å². The Morgan fingerprint density at radius 3 is 2.36 bits per heavy atom. The summed E-state index contributed by atoms with van der Waals surface area (Å²) in [5.74, 6) is 1.18. The molecule has 3 fully saturated rings. The lowest BCUT2D eigenvalue weighted by atomic mass is 9.92. The van der Waals surface area contributed by atoms with Gasteiger partial charge >= 0.3 is 0 Å². The highest BCUT2D eigenvalue weighted by Crippen LogP contribution is 2.31. The Bertz CT molecular complexity index is 726. The lowest BCUT2D eigenvalue weighted by Crippen LogP contribution is -2.34. The van der Waals surface area contributed by atoms with E-state index in [1.807, 2.05) is 4.90 Å². The van der Waals surface area contributed by atoms with E-state index in [9.17, 15) is 13.2 Å². The van der Waals surface area contributed by atoms with Gasteiger partial charge in [-0.05, 0) is 62.1 Å². The number of rotatable bonds is 3. The van der Waals surface area contributed by atoms with Crippen LogP contribution in [-0.2, 0) is 10.0 Å². The van der Waals surface area contributed by atoms with Crippen molar-refractivity contribution in [1.29, 1.82) is 0 Å². The molecule has 4 heterocycles. The summed E-state index contributed by atoms with van der Waals surface area (Å²) < 4.78 is 27.3. The van der Waals surface area contributed by atoms with Crippen LogP contribution < -0.4 is 5.32 Å². The minimum Gasteiger partial charge on any atom is -0.338 e. The molecule has 3 aliphatic heterocycles. The fourth-order valence-corrected chi connectivity index (χ4v) is 7.17. The van der Waals surface area contributed by atoms with Crippen LogP contribution >= 0.6 is 11.3 Å². The number of nitrogens with one attached hydrogen (secondary N) is 1. The van der Waals surface area contributed by atoms with Crippen molar-refractivity contribution in [2.45, 2.75) is 30.6 Å².